The molecular weight excluding hydrogens is 160 g/mol. The van der Waals surface area contributed by atoms with Crippen LogP contribution in [0.5, 0.6) is 0 Å². The minimum Gasteiger partial charge on any atom is -0.401 e. The van der Waals surface area contributed by atoms with Gasteiger partial charge in [-0.1, -0.05) is 30.3 Å². The fourth-order valence-electron chi connectivity index (χ4n) is 1.09. The third kappa shape index (κ3) is 3.44. The van der Waals surface area contributed by atoms with E-state index in [4.69, 9.17) is 11.0 Å². The first-order valence-corrected chi connectivity index (χ1v) is 4.21. The summed E-state index contributed by atoms with van der Waals surface area (Å²) < 4.78 is 0. The van der Waals surface area contributed by atoms with Crippen molar-refractivity contribution < 1.29 is 0 Å². The number of allylic oxidation sites excluding steroid dienone is 2. The van der Waals surface area contributed by atoms with Crippen LogP contribution in [0, 0.1) is 11.3 Å². The van der Waals surface area contributed by atoms with Gasteiger partial charge >= 0.3 is 0 Å². The fraction of sp³-hybridized carbons (Fsp3) is 0.182. The van der Waals surface area contributed by atoms with Crippen molar-refractivity contribution in [3.63, 3.8) is 0 Å². The van der Waals surface area contributed by atoms with Crippen LogP contribution in [0.15, 0.2) is 42.1 Å². The molecule has 1 rings (SSSR count). The topological polar surface area (TPSA) is 49.8 Å². The average molecular weight is 172 g/mol. The summed E-state index contributed by atoms with van der Waals surface area (Å²) in [6, 6.07) is 12.0. The lowest BCUT2D eigenvalue weighted by atomic mass is 10.1. The van der Waals surface area contributed by atoms with Gasteiger partial charge in [0.1, 0.15) is 0 Å². The number of rotatable bonds is 3. The molecule has 0 heterocycles. The number of nitriles is 1. The summed E-state index contributed by atoms with van der Waals surface area (Å²) in [6.45, 7) is 0. The highest BCUT2D eigenvalue weighted by atomic mass is 14.6. The standard InChI is InChI=1S/C11H12N2/c12-9-8-11(13)7-6-10-4-2-1-3-5-10/h1-5,8H,6-7,13H2/b11-8+. The molecule has 13 heavy (non-hydrogen) atoms. The predicted octanol–water partition coefficient (Wildman–Crippen LogP) is 1.99. The highest BCUT2D eigenvalue weighted by Gasteiger charge is 1.93. The van der Waals surface area contributed by atoms with Gasteiger partial charge in [0.25, 0.3) is 0 Å². The van der Waals surface area contributed by atoms with E-state index < -0.39 is 0 Å². The molecule has 1 aromatic rings. The molecule has 0 saturated heterocycles. The van der Waals surface area contributed by atoms with Crippen molar-refractivity contribution in [3.8, 4) is 6.07 Å². The summed E-state index contributed by atoms with van der Waals surface area (Å²) in [4.78, 5) is 0. The quantitative estimate of drug-likeness (QED) is 0.709. The first-order chi connectivity index (χ1) is 6.33. The van der Waals surface area contributed by atoms with Crippen molar-refractivity contribution in [2.45, 2.75) is 12.8 Å². The predicted molar refractivity (Wildman–Crippen MR) is 52.6 cm³/mol. The van der Waals surface area contributed by atoms with E-state index in [0.29, 0.717) is 5.70 Å². The van der Waals surface area contributed by atoms with Crippen molar-refractivity contribution >= 4 is 0 Å². The Morgan fingerprint density at radius 2 is 2.08 bits per heavy atom. The Kier molecular flexibility index (Phi) is 3.59. The van der Waals surface area contributed by atoms with E-state index in [0.717, 1.165) is 12.8 Å². The maximum atomic E-state index is 8.33. The van der Waals surface area contributed by atoms with Gasteiger partial charge < -0.3 is 5.73 Å². The zero-order valence-corrected chi connectivity index (χ0v) is 7.40. The lowest BCUT2D eigenvalue weighted by Gasteiger charge is -1.99. The average Bonchev–Trinajstić information content (AvgIpc) is 2.17. The number of nitrogens with zero attached hydrogens (tertiary/aromatic N) is 1. The van der Waals surface area contributed by atoms with Crippen LogP contribution in [0.4, 0.5) is 0 Å². The Labute approximate surface area is 78.3 Å². The summed E-state index contributed by atoms with van der Waals surface area (Å²) in [7, 11) is 0. The monoisotopic (exact) mass is 172 g/mol. The van der Waals surface area contributed by atoms with Crippen LogP contribution in [0.2, 0.25) is 0 Å². The van der Waals surface area contributed by atoms with Crippen molar-refractivity contribution in [1.29, 1.82) is 5.26 Å². The number of benzene rings is 1. The van der Waals surface area contributed by atoms with E-state index in [1.165, 1.54) is 11.6 Å². The Morgan fingerprint density at radius 3 is 2.69 bits per heavy atom. The number of hydrogen-bond acceptors (Lipinski definition) is 2. The van der Waals surface area contributed by atoms with Crippen LogP contribution in [0.25, 0.3) is 0 Å². The molecule has 0 aliphatic carbocycles. The summed E-state index contributed by atoms with van der Waals surface area (Å²) in [6.07, 6.45) is 3.03. The Bertz CT molecular complexity index is 320. The molecule has 0 aromatic heterocycles. The largest absolute Gasteiger partial charge is 0.401 e. The Balaban J connectivity index is 2.45. The van der Waals surface area contributed by atoms with Crippen LogP contribution >= 0.6 is 0 Å². The lowest BCUT2D eigenvalue weighted by Crippen LogP contribution is -1.98. The first-order valence-electron chi connectivity index (χ1n) is 4.21. The zero-order valence-electron chi connectivity index (χ0n) is 7.40. The van der Waals surface area contributed by atoms with Gasteiger partial charge in [-0.2, -0.15) is 5.26 Å². The molecule has 0 amide bonds. The van der Waals surface area contributed by atoms with Crippen molar-refractivity contribution in [2.24, 2.45) is 5.73 Å². The van der Waals surface area contributed by atoms with E-state index in [9.17, 15) is 0 Å². The molecule has 2 heteroatoms. The SMILES string of the molecule is N#C/C=C(/N)CCc1ccccc1. The minimum atomic E-state index is 0.645. The second kappa shape index (κ2) is 5.00. The van der Waals surface area contributed by atoms with Crippen LogP contribution in [0.3, 0.4) is 0 Å². The molecule has 0 aliphatic rings. The lowest BCUT2D eigenvalue weighted by molar-refractivity contribution is 0.927. The maximum absolute atomic E-state index is 8.33. The summed E-state index contributed by atoms with van der Waals surface area (Å²) in [5, 5.41) is 8.33. The molecule has 0 saturated carbocycles. The van der Waals surface area contributed by atoms with Crippen molar-refractivity contribution in [1.82, 2.24) is 0 Å². The normalized spacial score (nSPS) is 10.8. The molecule has 1 aromatic carbocycles. The minimum absolute atomic E-state index is 0.645. The van der Waals surface area contributed by atoms with Gasteiger partial charge in [0, 0.05) is 11.8 Å². The van der Waals surface area contributed by atoms with Gasteiger partial charge in [-0.25, -0.2) is 0 Å². The zero-order chi connectivity index (χ0) is 9.52. The Morgan fingerprint density at radius 1 is 1.38 bits per heavy atom. The molecule has 2 nitrogen and oxygen atoms in total. The molecule has 0 spiro atoms. The highest BCUT2D eigenvalue weighted by Crippen LogP contribution is 2.04. The Hall–Kier alpha value is -1.75. The summed E-state index contributed by atoms with van der Waals surface area (Å²) in [5.74, 6) is 0. The van der Waals surface area contributed by atoms with E-state index in [1.54, 1.807) is 0 Å². The van der Waals surface area contributed by atoms with E-state index in [2.05, 4.69) is 12.1 Å². The summed E-state index contributed by atoms with van der Waals surface area (Å²) >= 11 is 0. The fourth-order valence-corrected chi connectivity index (χ4v) is 1.09. The van der Waals surface area contributed by atoms with Crippen LogP contribution in [0.1, 0.15) is 12.0 Å². The maximum Gasteiger partial charge on any atom is 0.0930 e. The third-order valence-electron chi connectivity index (χ3n) is 1.80. The van der Waals surface area contributed by atoms with Crippen molar-refractivity contribution in [2.75, 3.05) is 0 Å². The van der Waals surface area contributed by atoms with Gasteiger partial charge in [-0.3, -0.25) is 0 Å². The number of hydrogen-bond donors (Lipinski definition) is 1. The number of aryl methyl sites for hydroxylation is 1. The van der Waals surface area contributed by atoms with Gasteiger partial charge in [0.15, 0.2) is 0 Å². The number of nitrogens with two attached hydrogens (primary N) is 1. The van der Waals surface area contributed by atoms with E-state index in [-0.39, 0.29) is 0 Å². The molecule has 0 aliphatic heterocycles. The molecule has 0 atom stereocenters. The summed E-state index contributed by atoms with van der Waals surface area (Å²) in [5.41, 5.74) is 7.46. The first kappa shape index (κ1) is 9.34. The molecule has 0 radical (unpaired) electrons. The third-order valence-corrected chi connectivity index (χ3v) is 1.80. The van der Waals surface area contributed by atoms with Gasteiger partial charge in [-0.05, 0) is 18.4 Å². The van der Waals surface area contributed by atoms with Crippen molar-refractivity contribution in [3.05, 3.63) is 47.7 Å². The molecule has 0 fully saturated rings. The highest BCUT2D eigenvalue weighted by molar-refractivity contribution is 5.17. The second-order valence-corrected chi connectivity index (χ2v) is 2.83. The smallest absolute Gasteiger partial charge is 0.0930 e. The van der Waals surface area contributed by atoms with Crippen LogP contribution in [-0.4, -0.2) is 0 Å². The molecule has 0 unspecified atom stereocenters. The molecule has 0 bridgehead atoms. The van der Waals surface area contributed by atoms with Gasteiger partial charge in [0.05, 0.1) is 6.07 Å². The molecule has 66 valence electrons. The van der Waals surface area contributed by atoms with Gasteiger partial charge in [-0.15, -0.1) is 0 Å². The molecule has 2 N–H and O–H groups in total. The van der Waals surface area contributed by atoms with Crippen LogP contribution in [-0.2, 0) is 6.42 Å². The van der Waals surface area contributed by atoms with Gasteiger partial charge in [0.2, 0.25) is 0 Å². The van der Waals surface area contributed by atoms with E-state index in [1.807, 2.05) is 24.3 Å². The van der Waals surface area contributed by atoms with Crippen LogP contribution < -0.4 is 5.73 Å². The van der Waals surface area contributed by atoms with E-state index >= 15 is 0 Å². The second-order valence-electron chi connectivity index (χ2n) is 2.83. The molecular formula is C11H12N2.